The quantitative estimate of drug-likeness (QED) is 0.301. The standard InChI is InChI=1S/C23H25ClN4O2/c1-3-28-23-18(14-26-28)21(16-11-12-25-19(24)13-16)17(9-10-20(29)30-4-2)22(27-23)15-7-5-6-8-15/h9-15H,3-8H2,1-2H3. The van der Waals surface area contributed by atoms with E-state index in [1.165, 1.54) is 18.9 Å². The summed E-state index contributed by atoms with van der Waals surface area (Å²) in [5.74, 6) is -0.00885. The number of pyridine rings is 2. The summed E-state index contributed by atoms with van der Waals surface area (Å²) >= 11 is 6.23. The molecule has 0 N–H and O–H groups in total. The van der Waals surface area contributed by atoms with Crippen molar-refractivity contribution < 1.29 is 9.53 Å². The molecule has 3 heterocycles. The molecule has 6 nitrogen and oxygen atoms in total. The van der Waals surface area contributed by atoms with Gasteiger partial charge >= 0.3 is 5.97 Å². The first-order chi connectivity index (χ1) is 14.6. The topological polar surface area (TPSA) is 69.9 Å². The van der Waals surface area contributed by atoms with Crippen molar-refractivity contribution in [1.29, 1.82) is 0 Å². The number of esters is 1. The molecule has 1 fully saturated rings. The molecule has 0 aromatic carbocycles. The van der Waals surface area contributed by atoms with E-state index in [1.807, 2.05) is 29.1 Å². The van der Waals surface area contributed by atoms with Crippen molar-refractivity contribution in [3.63, 3.8) is 0 Å². The average Bonchev–Trinajstić information content (AvgIpc) is 3.41. The van der Waals surface area contributed by atoms with E-state index in [2.05, 4.69) is 17.0 Å². The molecule has 0 spiro atoms. The van der Waals surface area contributed by atoms with Gasteiger partial charge in [0.2, 0.25) is 0 Å². The van der Waals surface area contributed by atoms with Gasteiger partial charge in [0.05, 0.1) is 18.5 Å². The molecule has 0 radical (unpaired) electrons. The summed E-state index contributed by atoms with van der Waals surface area (Å²) < 4.78 is 7.02. The monoisotopic (exact) mass is 424 g/mol. The number of aromatic nitrogens is 4. The molecule has 1 aliphatic carbocycles. The number of fused-ring (bicyclic) bond motifs is 1. The summed E-state index contributed by atoms with van der Waals surface area (Å²) in [6.07, 6.45) is 11.4. The van der Waals surface area contributed by atoms with E-state index in [1.54, 1.807) is 13.1 Å². The molecule has 0 saturated heterocycles. The third-order valence-corrected chi connectivity index (χ3v) is 5.79. The molecule has 0 aliphatic heterocycles. The average molecular weight is 425 g/mol. The summed E-state index contributed by atoms with van der Waals surface area (Å²) in [5.41, 5.74) is 4.71. The molecule has 0 amide bonds. The second kappa shape index (κ2) is 8.96. The van der Waals surface area contributed by atoms with E-state index in [0.29, 0.717) is 17.7 Å². The van der Waals surface area contributed by atoms with E-state index in [4.69, 9.17) is 21.3 Å². The molecule has 30 heavy (non-hydrogen) atoms. The lowest BCUT2D eigenvalue weighted by Gasteiger charge is -2.18. The summed E-state index contributed by atoms with van der Waals surface area (Å²) in [4.78, 5) is 21.3. The molecule has 0 atom stereocenters. The molecular weight excluding hydrogens is 400 g/mol. The van der Waals surface area contributed by atoms with Gasteiger partial charge in [0.25, 0.3) is 0 Å². The molecule has 1 saturated carbocycles. The molecule has 4 rings (SSSR count). The Morgan fingerprint density at radius 3 is 2.83 bits per heavy atom. The van der Waals surface area contributed by atoms with Gasteiger partial charge in [-0.25, -0.2) is 19.4 Å². The van der Waals surface area contributed by atoms with Crippen LogP contribution in [-0.2, 0) is 16.1 Å². The zero-order valence-electron chi connectivity index (χ0n) is 17.3. The van der Waals surface area contributed by atoms with Crippen molar-refractivity contribution in [2.75, 3.05) is 6.61 Å². The number of carbonyl (C=O) groups excluding carboxylic acids is 1. The highest BCUT2D eigenvalue weighted by molar-refractivity contribution is 6.29. The number of hydrogen-bond acceptors (Lipinski definition) is 5. The van der Waals surface area contributed by atoms with Crippen molar-refractivity contribution in [3.8, 4) is 11.1 Å². The van der Waals surface area contributed by atoms with Crippen LogP contribution in [0.4, 0.5) is 0 Å². The fourth-order valence-corrected chi connectivity index (χ4v) is 4.42. The predicted octanol–water partition coefficient (Wildman–Crippen LogP) is 5.40. The van der Waals surface area contributed by atoms with Crippen molar-refractivity contribution >= 4 is 34.7 Å². The number of nitrogens with zero attached hydrogens (tertiary/aromatic N) is 4. The Morgan fingerprint density at radius 2 is 2.13 bits per heavy atom. The molecule has 0 unspecified atom stereocenters. The maximum Gasteiger partial charge on any atom is 0.330 e. The molecular formula is C23H25ClN4O2. The number of aryl methyl sites for hydroxylation is 1. The lowest BCUT2D eigenvalue weighted by Crippen LogP contribution is -2.06. The van der Waals surface area contributed by atoms with Crippen molar-refractivity contribution in [2.24, 2.45) is 0 Å². The van der Waals surface area contributed by atoms with Crippen molar-refractivity contribution in [1.82, 2.24) is 19.7 Å². The Kier molecular flexibility index (Phi) is 6.13. The third-order valence-electron chi connectivity index (χ3n) is 5.58. The van der Waals surface area contributed by atoms with E-state index in [9.17, 15) is 4.79 Å². The highest BCUT2D eigenvalue weighted by Crippen LogP contribution is 2.41. The van der Waals surface area contributed by atoms with Crippen LogP contribution in [0.5, 0.6) is 0 Å². The minimum Gasteiger partial charge on any atom is -0.463 e. The highest BCUT2D eigenvalue weighted by atomic mass is 35.5. The van der Waals surface area contributed by atoms with Crippen molar-refractivity contribution in [3.05, 3.63) is 47.0 Å². The van der Waals surface area contributed by atoms with Gasteiger partial charge in [0, 0.05) is 41.2 Å². The van der Waals surface area contributed by atoms with Gasteiger partial charge in [-0.1, -0.05) is 24.4 Å². The van der Waals surface area contributed by atoms with Crippen LogP contribution in [0.1, 0.15) is 56.7 Å². The van der Waals surface area contributed by atoms with E-state index < -0.39 is 0 Å². The van der Waals surface area contributed by atoms with Gasteiger partial charge in [-0.3, -0.25) is 0 Å². The summed E-state index contributed by atoms with van der Waals surface area (Å²) in [6.45, 7) is 4.93. The van der Waals surface area contributed by atoms with Crippen LogP contribution in [0, 0.1) is 0 Å². The van der Waals surface area contributed by atoms with E-state index in [0.717, 1.165) is 52.8 Å². The van der Waals surface area contributed by atoms with Gasteiger partial charge in [-0.15, -0.1) is 0 Å². The summed E-state index contributed by atoms with van der Waals surface area (Å²) in [6, 6.07) is 3.78. The van der Waals surface area contributed by atoms with Crippen LogP contribution >= 0.6 is 11.6 Å². The van der Waals surface area contributed by atoms with Crippen LogP contribution in [0.25, 0.3) is 28.2 Å². The number of ether oxygens (including phenoxy) is 1. The van der Waals surface area contributed by atoms with Gasteiger partial charge in [-0.05, 0) is 50.5 Å². The number of halogens is 1. The zero-order valence-corrected chi connectivity index (χ0v) is 18.0. The van der Waals surface area contributed by atoms with Gasteiger partial charge in [0.1, 0.15) is 5.15 Å². The molecule has 7 heteroatoms. The Bertz CT molecular complexity index is 1100. The smallest absolute Gasteiger partial charge is 0.330 e. The first kappa shape index (κ1) is 20.5. The summed E-state index contributed by atoms with van der Waals surface area (Å²) in [7, 11) is 0. The lowest BCUT2D eigenvalue weighted by atomic mass is 9.90. The molecule has 156 valence electrons. The van der Waals surface area contributed by atoms with E-state index in [-0.39, 0.29) is 5.97 Å². The minimum absolute atomic E-state index is 0.339. The maximum atomic E-state index is 12.1. The first-order valence-electron chi connectivity index (χ1n) is 10.5. The van der Waals surface area contributed by atoms with Crippen molar-refractivity contribution in [2.45, 2.75) is 52.0 Å². The van der Waals surface area contributed by atoms with Crippen LogP contribution < -0.4 is 0 Å². The number of hydrogen-bond donors (Lipinski definition) is 0. The second-order valence-electron chi connectivity index (χ2n) is 7.42. The Hall–Kier alpha value is -2.73. The Morgan fingerprint density at radius 1 is 1.33 bits per heavy atom. The van der Waals surface area contributed by atoms with Crippen LogP contribution in [0.2, 0.25) is 5.15 Å². The molecule has 1 aliphatic rings. The number of carbonyl (C=O) groups is 1. The Labute approximate surface area is 180 Å². The SMILES string of the molecule is CCOC(=O)C=Cc1c(C2CCCC2)nc2c(cnn2CC)c1-c1ccnc(Cl)c1. The zero-order chi connectivity index (χ0) is 21.1. The maximum absolute atomic E-state index is 12.1. The number of rotatable bonds is 6. The summed E-state index contributed by atoms with van der Waals surface area (Å²) in [5, 5.41) is 5.90. The van der Waals surface area contributed by atoms with Crippen LogP contribution in [0.3, 0.4) is 0 Å². The van der Waals surface area contributed by atoms with E-state index >= 15 is 0 Å². The Balaban J connectivity index is 2.01. The molecule has 3 aromatic heterocycles. The van der Waals surface area contributed by atoms with Crippen LogP contribution in [-0.4, -0.2) is 32.3 Å². The van der Waals surface area contributed by atoms with Gasteiger partial charge in [0.15, 0.2) is 5.65 Å². The second-order valence-corrected chi connectivity index (χ2v) is 7.80. The molecule has 0 bridgehead atoms. The van der Waals surface area contributed by atoms with Gasteiger partial charge < -0.3 is 4.74 Å². The predicted molar refractivity (Wildman–Crippen MR) is 118 cm³/mol. The third kappa shape index (κ3) is 3.97. The minimum atomic E-state index is -0.363. The van der Waals surface area contributed by atoms with Crippen LogP contribution in [0.15, 0.2) is 30.6 Å². The normalized spacial score (nSPS) is 14.8. The largest absolute Gasteiger partial charge is 0.463 e. The molecule has 3 aromatic rings. The first-order valence-corrected chi connectivity index (χ1v) is 10.9. The van der Waals surface area contributed by atoms with Gasteiger partial charge in [-0.2, -0.15) is 5.10 Å². The highest BCUT2D eigenvalue weighted by Gasteiger charge is 2.26. The fraction of sp³-hybridized carbons (Fsp3) is 0.391. The lowest BCUT2D eigenvalue weighted by molar-refractivity contribution is -0.137. The fourth-order valence-electron chi connectivity index (χ4n) is 4.24.